The summed E-state index contributed by atoms with van der Waals surface area (Å²) in [5, 5.41) is 2.81. The van der Waals surface area contributed by atoms with Gasteiger partial charge in [-0.3, -0.25) is 5.32 Å². The van der Waals surface area contributed by atoms with Crippen molar-refractivity contribution >= 4 is 17.6 Å². The molecule has 1 aliphatic heterocycles. The first-order valence-corrected chi connectivity index (χ1v) is 8.42. The third kappa shape index (κ3) is 4.48. The van der Waals surface area contributed by atoms with E-state index >= 15 is 0 Å². The minimum absolute atomic E-state index is 0.240. The second-order valence-electron chi connectivity index (χ2n) is 6.04. The van der Waals surface area contributed by atoms with Crippen LogP contribution in [0.15, 0.2) is 36.4 Å². The van der Waals surface area contributed by atoms with Crippen molar-refractivity contribution in [1.29, 1.82) is 0 Å². The second kappa shape index (κ2) is 7.98. The molecule has 132 valence electrons. The van der Waals surface area contributed by atoms with Crippen LogP contribution < -0.4 is 10.2 Å². The van der Waals surface area contributed by atoms with Crippen molar-refractivity contribution in [2.24, 2.45) is 0 Å². The molecule has 0 aliphatic carbocycles. The van der Waals surface area contributed by atoms with Gasteiger partial charge in [0.05, 0.1) is 24.6 Å². The number of pyridine rings is 1. The van der Waals surface area contributed by atoms with Crippen LogP contribution in [0.25, 0.3) is 0 Å². The predicted molar refractivity (Wildman–Crippen MR) is 97.0 cm³/mol. The van der Waals surface area contributed by atoms with Gasteiger partial charge in [0, 0.05) is 13.1 Å². The highest BCUT2D eigenvalue weighted by Crippen LogP contribution is 2.24. The molecule has 3 rings (SSSR count). The summed E-state index contributed by atoms with van der Waals surface area (Å²) in [5.74, 6) is 0.918. The molecule has 1 aliphatic rings. The van der Waals surface area contributed by atoms with Gasteiger partial charge in [0.2, 0.25) is 0 Å². The number of aryl methyl sites for hydroxylation is 2. The molecular weight excluding hydrogens is 318 g/mol. The van der Waals surface area contributed by atoms with Gasteiger partial charge in [0.25, 0.3) is 0 Å². The zero-order valence-electron chi connectivity index (χ0n) is 14.6. The Morgan fingerprint density at radius 2 is 1.96 bits per heavy atom. The first-order valence-electron chi connectivity index (χ1n) is 8.42. The number of anilines is 2. The largest absolute Gasteiger partial charge is 0.444 e. The van der Waals surface area contributed by atoms with E-state index in [1.807, 2.05) is 50.2 Å². The molecule has 6 heteroatoms. The van der Waals surface area contributed by atoms with E-state index in [-0.39, 0.29) is 6.61 Å². The molecule has 1 N–H and O–H groups in total. The number of benzene rings is 1. The number of amides is 1. The summed E-state index contributed by atoms with van der Waals surface area (Å²) in [6, 6.07) is 11.6. The number of nitrogens with one attached hydrogen (secondary N) is 1. The number of rotatable bonds is 4. The second-order valence-corrected chi connectivity index (χ2v) is 6.04. The highest BCUT2D eigenvalue weighted by molar-refractivity contribution is 5.86. The van der Waals surface area contributed by atoms with Crippen LogP contribution in [0, 0.1) is 13.8 Å². The van der Waals surface area contributed by atoms with E-state index < -0.39 is 6.09 Å². The van der Waals surface area contributed by atoms with E-state index in [4.69, 9.17) is 9.47 Å². The van der Waals surface area contributed by atoms with Crippen molar-refractivity contribution in [2.75, 3.05) is 36.5 Å². The molecule has 0 atom stereocenters. The fourth-order valence-electron chi connectivity index (χ4n) is 2.82. The Kier molecular flexibility index (Phi) is 5.50. The number of morpholine rings is 1. The topological polar surface area (TPSA) is 63.7 Å². The fraction of sp³-hybridized carbons (Fsp3) is 0.368. The Balaban J connectivity index is 1.64. The summed E-state index contributed by atoms with van der Waals surface area (Å²) in [4.78, 5) is 18.9. The Labute approximate surface area is 147 Å². The maximum atomic E-state index is 12.1. The van der Waals surface area contributed by atoms with Gasteiger partial charge in [-0.25, -0.2) is 9.78 Å². The van der Waals surface area contributed by atoms with E-state index in [2.05, 4.69) is 15.2 Å². The van der Waals surface area contributed by atoms with Crippen LogP contribution in [0.2, 0.25) is 0 Å². The number of hydrogen-bond acceptors (Lipinski definition) is 5. The summed E-state index contributed by atoms with van der Waals surface area (Å²) >= 11 is 0. The quantitative estimate of drug-likeness (QED) is 0.924. The zero-order valence-corrected chi connectivity index (χ0v) is 14.6. The predicted octanol–water partition coefficient (Wildman–Crippen LogP) is 3.28. The average molecular weight is 341 g/mol. The molecule has 0 unspecified atom stereocenters. The first kappa shape index (κ1) is 17.2. The van der Waals surface area contributed by atoms with Crippen LogP contribution in [-0.4, -0.2) is 37.4 Å². The Morgan fingerprint density at radius 1 is 1.24 bits per heavy atom. The number of nitrogens with zero attached hydrogens (tertiary/aromatic N) is 2. The monoisotopic (exact) mass is 341 g/mol. The van der Waals surface area contributed by atoms with Gasteiger partial charge in [-0.1, -0.05) is 30.3 Å². The van der Waals surface area contributed by atoms with E-state index in [0.29, 0.717) is 18.9 Å². The van der Waals surface area contributed by atoms with Crippen LogP contribution in [0.1, 0.15) is 16.8 Å². The van der Waals surface area contributed by atoms with Crippen LogP contribution in [0.4, 0.5) is 16.3 Å². The smallest absolute Gasteiger partial charge is 0.412 e. The van der Waals surface area contributed by atoms with E-state index in [1.54, 1.807) is 0 Å². The third-order valence-electron chi connectivity index (χ3n) is 4.16. The van der Waals surface area contributed by atoms with Crippen molar-refractivity contribution in [3.8, 4) is 0 Å². The van der Waals surface area contributed by atoms with Gasteiger partial charge in [0.1, 0.15) is 12.4 Å². The third-order valence-corrected chi connectivity index (χ3v) is 4.16. The van der Waals surface area contributed by atoms with Crippen molar-refractivity contribution in [2.45, 2.75) is 20.5 Å². The number of carbonyl (C=O) groups excluding carboxylic acids is 1. The van der Waals surface area contributed by atoms with Gasteiger partial charge < -0.3 is 14.4 Å². The zero-order chi connectivity index (χ0) is 17.6. The minimum Gasteiger partial charge on any atom is -0.444 e. The Morgan fingerprint density at radius 3 is 2.64 bits per heavy atom. The van der Waals surface area contributed by atoms with Gasteiger partial charge in [-0.05, 0) is 31.0 Å². The van der Waals surface area contributed by atoms with Crippen molar-refractivity contribution in [3.63, 3.8) is 0 Å². The molecule has 2 aromatic rings. The molecule has 0 radical (unpaired) electrons. The molecule has 0 spiro atoms. The first-order chi connectivity index (χ1) is 12.1. The molecule has 0 bridgehead atoms. The summed E-state index contributed by atoms with van der Waals surface area (Å²) in [5.41, 5.74) is 3.39. The van der Waals surface area contributed by atoms with E-state index in [9.17, 15) is 4.79 Å². The fourth-order valence-corrected chi connectivity index (χ4v) is 2.82. The van der Waals surface area contributed by atoms with Crippen LogP contribution >= 0.6 is 0 Å². The molecule has 25 heavy (non-hydrogen) atoms. The maximum absolute atomic E-state index is 12.1. The Bertz CT molecular complexity index is 705. The molecule has 1 saturated heterocycles. The highest BCUT2D eigenvalue weighted by Gasteiger charge is 2.16. The molecule has 1 aromatic heterocycles. The summed E-state index contributed by atoms with van der Waals surface area (Å²) < 4.78 is 10.7. The highest BCUT2D eigenvalue weighted by atomic mass is 16.5. The number of aromatic nitrogens is 1. The molecule has 6 nitrogen and oxygen atoms in total. The van der Waals surface area contributed by atoms with Gasteiger partial charge in [-0.15, -0.1) is 0 Å². The standard InChI is InChI=1S/C19H23N3O3/c1-14-12-17(22-8-10-24-11-9-22)20-15(2)18(14)21-19(23)25-13-16-6-4-3-5-7-16/h3-7,12H,8-11,13H2,1-2H3,(H,21,23). The molecule has 1 aromatic carbocycles. The lowest BCUT2D eigenvalue weighted by Crippen LogP contribution is -2.37. The lowest BCUT2D eigenvalue weighted by Gasteiger charge is -2.28. The Hall–Kier alpha value is -2.60. The maximum Gasteiger partial charge on any atom is 0.412 e. The van der Waals surface area contributed by atoms with E-state index in [1.165, 1.54) is 0 Å². The molecule has 1 amide bonds. The summed E-state index contributed by atoms with van der Waals surface area (Å²) in [6.45, 7) is 7.19. The summed E-state index contributed by atoms with van der Waals surface area (Å²) in [6.07, 6.45) is -0.476. The molecule has 2 heterocycles. The molecular formula is C19H23N3O3. The van der Waals surface area contributed by atoms with Crippen LogP contribution in [0.3, 0.4) is 0 Å². The van der Waals surface area contributed by atoms with Crippen molar-refractivity contribution < 1.29 is 14.3 Å². The van der Waals surface area contributed by atoms with Gasteiger partial charge >= 0.3 is 6.09 Å². The van der Waals surface area contributed by atoms with Gasteiger partial charge in [-0.2, -0.15) is 0 Å². The minimum atomic E-state index is -0.476. The number of hydrogen-bond donors (Lipinski definition) is 1. The van der Waals surface area contributed by atoms with E-state index in [0.717, 1.165) is 35.7 Å². The SMILES string of the molecule is Cc1cc(N2CCOCC2)nc(C)c1NC(=O)OCc1ccccc1. The van der Waals surface area contributed by atoms with Crippen molar-refractivity contribution in [3.05, 3.63) is 53.2 Å². The van der Waals surface area contributed by atoms with Crippen molar-refractivity contribution in [1.82, 2.24) is 4.98 Å². The normalized spacial score (nSPS) is 14.2. The van der Waals surface area contributed by atoms with Crippen LogP contribution in [0.5, 0.6) is 0 Å². The lowest BCUT2D eigenvalue weighted by molar-refractivity contribution is 0.122. The lowest BCUT2D eigenvalue weighted by atomic mass is 10.2. The average Bonchev–Trinajstić information content (AvgIpc) is 2.64. The summed E-state index contributed by atoms with van der Waals surface area (Å²) in [7, 11) is 0. The number of ether oxygens (including phenoxy) is 2. The number of carbonyl (C=O) groups is 1. The van der Waals surface area contributed by atoms with Crippen LogP contribution in [-0.2, 0) is 16.1 Å². The molecule has 1 fully saturated rings. The molecule has 0 saturated carbocycles. The van der Waals surface area contributed by atoms with Gasteiger partial charge in [0.15, 0.2) is 0 Å².